The van der Waals surface area contributed by atoms with Gasteiger partial charge in [0.1, 0.15) is 23.0 Å². The summed E-state index contributed by atoms with van der Waals surface area (Å²) in [5, 5.41) is 52.2. The Morgan fingerprint density at radius 2 is 0.684 bits per heavy atom. The molecule has 76 heavy (non-hydrogen) atoms. The monoisotopic (exact) mass is 1030 g/mol. The zero-order valence-electron chi connectivity index (χ0n) is 47.0. The molecule has 0 heterocycles. The van der Waals surface area contributed by atoms with Gasteiger partial charge in [-0.25, -0.2) is 0 Å². The van der Waals surface area contributed by atoms with Gasteiger partial charge in [-0.3, -0.25) is 9.59 Å². The molecule has 0 saturated carbocycles. The second-order valence-corrected chi connectivity index (χ2v) is 25.1. The standard InChI is InChI=1S/C66H82N2O8/c1-63(2,3)51-29-43-25-47-33-53(65(7,8)9)35-49(61(47)75-39-57(71)67-55(37-69)23-41-19-15-13-16-20-41)27-45-31-52(64(4,5)6)32-46(60(45)74)28-50-36-54(66(10,11)12)34-48(26-44(30-51)59(43)73)62(50)76-40-58(72)68-56(38-70)24-42-21-17-14-18-22-42/h13-22,29-36,55-56,69-70,73-74H,23-28,37-40H2,1-12H3,(H,67,71)(H,68,72)/t55-,56-/m0/s1. The summed E-state index contributed by atoms with van der Waals surface area (Å²) in [6, 6.07) is 35.1. The van der Waals surface area contributed by atoms with Crippen LogP contribution in [0.4, 0.5) is 0 Å². The average Bonchev–Trinajstić information content (AvgIpc) is 3.34. The Kier molecular flexibility index (Phi) is 17.5. The summed E-state index contributed by atoms with van der Waals surface area (Å²) < 4.78 is 13.5. The minimum atomic E-state index is -0.532. The van der Waals surface area contributed by atoms with Crippen LogP contribution in [0.3, 0.4) is 0 Å². The molecule has 0 unspecified atom stereocenters. The summed E-state index contributed by atoms with van der Waals surface area (Å²) in [6.07, 6.45) is 1.87. The number of hydrogen-bond acceptors (Lipinski definition) is 8. The molecule has 0 spiro atoms. The van der Waals surface area contributed by atoms with Gasteiger partial charge in [0.2, 0.25) is 0 Å². The molecule has 0 fully saturated rings. The van der Waals surface area contributed by atoms with Crippen molar-refractivity contribution in [3.63, 3.8) is 0 Å². The number of aliphatic hydroxyl groups is 2. The SMILES string of the molecule is CC(C)(C)c1cc2c(O)c(c1)Cc1cc(C(C)(C)C)cc(c1OCC(=O)N[C@H](CO)Cc1ccccc1)Cc1cc(C(C)(C)C)cc(c1O)Cc1cc(C(C)(C)C)cc(c1OCC(=O)N[C@H](CO)Cc1ccccc1)C2. The molecule has 1 aliphatic rings. The molecule has 6 aromatic carbocycles. The minimum absolute atomic E-state index is 0.119. The fourth-order valence-electron chi connectivity index (χ4n) is 9.95. The number of rotatable bonds is 14. The summed E-state index contributed by atoms with van der Waals surface area (Å²) in [4.78, 5) is 27.8. The predicted molar refractivity (Wildman–Crippen MR) is 304 cm³/mol. The van der Waals surface area contributed by atoms with Gasteiger partial charge in [-0.1, -0.05) is 192 Å². The molecule has 8 bridgehead atoms. The number of fused-ring (bicyclic) bond motifs is 8. The van der Waals surface area contributed by atoms with Crippen LogP contribution in [0.15, 0.2) is 109 Å². The van der Waals surface area contributed by atoms with Crippen molar-refractivity contribution in [2.24, 2.45) is 0 Å². The topological polar surface area (TPSA) is 158 Å². The normalized spacial score (nSPS) is 13.9. The molecule has 6 N–H and O–H groups in total. The number of phenolic OH excluding ortho intramolecular Hbond substituents is 2. The van der Waals surface area contributed by atoms with Crippen LogP contribution in [0.2, 0.25) is 0 Å². The Bertz CT molecular complexity index is 2710. The van der Waals surface area contributed by atoms with Gasteiger partial charge in [-0.05, 0) is 112 Å². The van der Waals surface area contributed by atoms with Crippen molar-refractivity contribution in [2.45, 2.75) is 155 Å². The van der Waals surface area contributed by atoms with Crippen molar-refractivity contribution in [1.29, 1.82) is 0 Å². The van der Waals surface area contributed by atoms with Crippen LogP contribution in [0.5, 0.6) is 23.0 Å². The molecular formula is C66H82N2O8. The fourth-order valence-corrected chi connectivity index (χ4v) is 9.95. The maximum atomic E-state index is 13.9. The van der Waals surface area contributed by atoms with Crippen LogP contribution in [0.1, 0.15) is 161 Å². The highest BCUT2D eigenvalue weighted by Gasteiger charge is 2.29. The van der Waals surface area contributed by atoms with Gasteiger partial charge < -0.3 is 40.5 Å². The number of carbonyl (C=O) groups is 2. The Morgan fingerprint density at radius 3 is 0.921 bits per heavy atom. The van der Waals surface area contributed by atoms with E-state index in [1.165, 1.54) is 0 Å². The largest absolute Gasteiger partial charge is 0.507 e. The molecule has 0 saturated heterocycles. The number of ether oxygens (including phenoxy) is 2. The van der Waals surface area contributed by atoms with E-state index in [1.807, 2.05) is 60.7 Å². The molecule has 404 valence electrons. The predicted octanol–water partition coefficient (Wildman–Crippen LogP) is 11.2. The first kappa shape index (κ1) is 57.1. The maximum Gasteiger partial charge on any atom is 0.258 e. The van der Waals surface area contributed by atoms with Gasteiger partial charge >= 0.3 is 0 Å². The van der Waals surface area contributed by atoms with Gasteiger partial charge in [-0.15, -0.1) is 0 Å². The van der Waals surface area contributed by atoms with E-state index in [0.29, 0.717) is 46.6 Å². The number of phenols is 2. The summed E-state index contributed by atoms with van der Waals surface area (Å²) in [7, 11) is 0. The van der Waals surface area contributed by atoms with Crippen molar-refractivity contribution in [1.82, 2.24) is 10.6 Å². The number of hydrogen-bond donors (Lipinski definition) is 6. The molecular weight excluding hydrogens is 949 g/mol. The zero-order chi connectivity index (χ0) is 55.3. The number of nitrogens with one attached hydrogen (secondary N) is 2. The number of amides is 2. The average molecular weight is 1030 g/mol. The Morgan fingerprint density at radius 1 is 0.434 bits per heavy atom. The molecule has 10 nitrogen and oxygen atoms in total. The van der Waals surface area contributed by atoms with E-state index in [2.05, 4.69) is 142 Å². The molecule has 10 heteroatoms. The van der Waals surface area contributed by atoms with Gasteiger partial charge in [0.15, 0.2) is 13.2 Å². The highest BCUT2D eigenvalue weighted by Crippen LogP contribution is 2.44. The van der Waals surface area contributed by atoms with Crippen molar-refractivity contribution < 1.29 is 39.5 Å². The highest BCUT2D eigenvalue weighted by atomic mass is 16.5. The lowest BCUT2D eigenvalue weighted by Gasteiger charge is -2.28. The van der Waals surface area contributed by atoms with Crippen LogP contribution in [-0.4, -0.2) is 70.8 Å². The van der Waals surface area contributed by atoms with Gasteiger partial charge in [0.05, 0.1) is 25.3 Å². The highest BCUT2D eigenvalue weighted by molar-refractivity contribution is 5.78. The second-order valence-electron chi connectivity index (χ2n) is 25.1. The summed E-state index contributed by atoms with van der Waals surface area (Å²) >= 11 is 0. The van der Waals surface area contributed by atoms with Crippen LogP contribution < -0.4 is 20.1 Å². The maximum absolute atomic E-state index is 13.9. The van der Waals surface area contributed by atoms with Gasteiger partial charge in [0, 0.05) is 25.7 Å². The molecule has 2 atom stereocenters. The van der Waals surface area contributed by atoms with Crippen LogP contribution in [0, 0.1) is 0 Å². The molecule has 7 rings (SSSR count). The van der Waals surface area contributed by atoms with Crippen LogP contribution in [-0.2, 0) is 69.8 Å². The quantitative estimate of drug-likeness (QED) is 0.0629. The molecule has 1 aliphatic carbocycles. The summed E-state index contributed by atoms with van der Waals surface area (Å²) in [5.41, 5.74) is 10.5. The molecule has 2 amide bonds. The lowest BCUT2D eigenvalue weighted by Crippen LogP contribution is -2.41. The van der Waals surface area contributed by atoms with E-state index in [0.717, 1.165) is 55.6 Å². The van der Waals surface area contributed by atoms with E-state index in [4.69, 9.17) is 9.47 Å². The van der Waals surface area contributed by atoms with Crippen LogP contribution >= 0.6 is 0 Å². The Hall–Kier alpha value is -6.62. The number of aromatic hydroxyl groups is 2. The van der Waals surface area contributed by atoms with Crippen LogP contribution in [0.25, 0.3) is 0 Å². The van der Waals surface area contributed by atoms with Crippen molar-refractivity contribution in [2.75, 3.05) is 26.4 Å². The van der Waals surface area contributed by atoms with Gasteiger partial charge in [-0.2, -0.15) is 0 Å². The first-order chi connectivity index (χ1) is 35.7. The molecule has 0 aromatic heterocycles. The minimum Gasteiger partial charge on any atom is -0.507 e. The van der Waals surface area contributed by atoms with E-state index in [-0.39, 0.29) is 97.1 Å². The molecule has 6 aromatic rings. The fraction of sp³-hybridized carbons (Fsp3) is 0.424. The Balaban J connectivity index is 1.42. The summed E-state index contributed by atoms with van der Waals surface area (Å²) in [6.45, 7) is 24.7. The molecule has 0 radical (unpaired) electrons. The number of benzene rings is 6. The third kappa shape index (κ3) is 14.4. The lowest BCUT2D eigenvalue weighted by molar-refractivity contribution is -0.124. The number of carbonyl (C=O) groups excluding carboxylic acids is 2. The van der Waals surface area contributed by atoms with E-state index in [1.54, 1.807) is 0 Å². The third-order valence-corrected chi connectivity index (χ3v) is 14.5. The second kappa shape index (κ2) is 23.3. The van der Waals surface area contributed by atoms with Crippen molar-refractivity contribution >= 4 is 11.8 Å². The first-order valence-corrected chi connectivity index (χ1v) is 26.9. The van der Waals surface area contributed by atoms with E-state index >= 15 is 0 Å². The Labute approximate surface area is 451 Å². The molecule has 0 aliphatic heterocycles. The van der Waals surface area contributed by atoms with Crippen molar-refractivity contribution in [3.8, 4) is 23.0 Å². The van der Waals surface area contributed by atoms with Crippen molar-refractivity contribution in [3.05, 3.63) is 187 Å². The van der Waals surface area contributed by atoms with Gasteiger partial charge in [0.25, 0.3) is 11.8 Å². The smallest absolute Gasteiger partial charge is 0.258 e. The number of aliphatic hydroxyl groups excluding tert-OH is 2. The lowest BCUT2D eigenvalue weighted by atomic mass is 9.79. The first-order valence-electron chi connectivity index (χ1n) is 26.9. The van der Waals surface area contributed by atoms with E-state index in [9.17, 15) is 30.0 Å². The third-order valence-electron chi connectivity index (χ3n) is 14.5. The van der Waals surface area contributed by atoms with E-state index < -0.39 is 12.1 Å². The zero-order valence-corrected chi connectivity index (χ0v) is 47.0. The summed E-state index contributed by atoms with van der Waals surface area (Å²) in [5.74, 6) is 0.442.